The van der Waals surface area contributed by atoms with Crippen molar-refractivity contribution in [1.82, 2.24) is 10.2 Å². The van der Waals surface area contributed by atoms with Crippen molar-refractivity contribution in [3.8, 4) is 6.07 Å². The Morgan fingerprint density at radius 3 is 2.48 bits per heavy atom. The highest BCUT2D eigenvalue weighted by atomic mass is 16.3. The quantitative estimate of drug-likeness (QED) is 0.846. The minimum Gasteiger partial charge on any atom is -0.456 e. The number of nitrogens with zero attached hydrogens (tertiary/aromatic N) is 2. The number of nitriles is 1. The lowest BCUT2D eigenvalue weighted by Gasteiger charge is -2.32. The van der Waals surface area contributed by atoms with Crippen molar-refractivity contribution in [1.29, 1.82) is 5.26 Å². The Labute approximate surface area is 158 Å². The number of rotatable bonds is 5. The Balaban J connectivity index is 1.42. The zero-order chi connectivity index (χ0) is 19.2. The van der Waals surface area contributed by atoms with E-state index in [1.807, 2.05) is 0 Å². The van der Waals surface area contributed by atoms with Gasteiger partial charge in [-0.3, -0.25) is 9.59 Å². The first-order valence-corrected chi connectivity index (χ1v) is 8.94. The highest BCUT2D eigenvalue weighted by Crippen LogP contribution is 2.14. The van der Waals surface area contributed by atoms with E-state index in [0.717, 1.165) is 5.69 Å². The van der Waals surface area contributed by atoms with Gasteiger partial charge in [0.15, 0.2) is 5.76 Å². The van der Waals surface area contributed by atoms with E-state index in [1.54, 1.807) is 48.2 Å². The minimum absolute atomic E-state index is 0.0193. The van der Waals surface area contributed by atoms with E-state index in [1.165, 1.54) is 0 Å². The number of benzene rings is 1. The third kappa shape index (κ3) is 4.88. The first-order valence-electron chi connectivity index (χ1n) is 8.94. The van der Waals surface area contributed by atoms with E-state index in [9.17, 15) is 9.59 Å². The molecule has 0 radical (unpaired) electrons. The van der Waals surface area contributed by atoms with Crippen LogP contribution in [-0.4, -0.2) is 42.4 Å². The standard InChI is InChI=1S/C20H22N4O3/c1-14-2-7-18(27-14)20(26)23-17-8-10-24(11-9-17)19(25)13-22-16-5-3-15(12-21)4-6-16/h2-7,17,22H,8-11,13H2,1H3,(H,23,26). The van der Waals surface area contributed by atoms with E-state index in [4.69, 9.17) is 9.68 Å². The monoisotopic (exact) mass is 366 g/mol. The molecule has 1 saturated heterocycles. The average molecular weight is 366 g/mol. The molecule has 27 heavy (non-hydrogen) atoms. The first kappa shape index (κ1) is 18.5. The smallest absolute Gasteiger partial charge is 0.287 e. The Bertz CT molecular complexity index is 843. The van der Waals surface area contributed by atoms with Crippen LogP contribution < -0.4 is 10.6 Å². The highest BCUT2D eigenvalue weighted by Gasteiger charge is 2.24. The van der Waals surface area contributed by atoms with Crippen LogP contribution in [0, 0.1) is 18.3 Å². The molecule has 0 saturated carbocycles. The number of anilines is 1. The number of nitrogens with one attached hydrogen (secondary N) is 2. The van der Waals surface area contributed by atoms with Gasteiger partial charge in [0.2, 0.25) is 5.91 Å². The molecule has 0 aliphatic carbocycles. The molecule has 2 N–H and O–H groups in total. The predicted molar refractivity (Wildman–Crippen MR) is 100 cm³/mol. The van der Waals surface area contributed by atoms with Crippen molar-refractivity contribution >= 4 is 17.5 Å². The van der Waals surface area contributed by atoms with Gasteiger partial charge in [0.1, 0.15) is 5.76 Å². The van der Waals surface area contributed by atoms with Gasteiger partial charge >= 0.3 is 0 Å². The molecule has 1 aromatic carbocycles. The first-order chi connectivity index (χ1) is 13.0. The summed E-state index contributed by atoms with van der Waals surface area (Å²) >= 11 is 0. The fourth-order valence-corrected chi connectivity index (χ4v) is 3.04. The molecule has 0 unspecified atom stereocenters. The van der Waals surface area contributed by atoms with Gasteiger partial charge in [0, 0.05) is 24.8 Å². The summed E-state index contributed by atoms with van der Waals surface area (Å²) in [6.07, 6.45) is 1.43. The number of furan rings is 1. The summed E-state index contributed by atoms with van der Waals surface area (Å²) in [4.78, 5) is 26.3. The van der Waals surface area contributed by atoms with Crippen molar-refractivity contribution in [2.75, 3.05) is 25.0 Å². The molecule has 2 amide bonds. The molecule has 1 aliphatic rings. The van der Waals surface area contributed by atoms with Crippen LogP contribution in [-0.2, 0) is 4.79 Å². The predicted octanol–water partition coefficient (Wildman–Crippen LogP) is 2.29. The van der Waals surface area contributed by atoms with E-state index < -0.39 is 0 Å². The van der Waals surface area contributed by atoms with Gasteiger partial charge in [-0.25, -0.2) is 0 Å². The summed E-state index contributed by atoms with van der Waals surface area (Å²) in [5, 5.41) is 14.8. The Morgan fingerprint density at radius 1 is 1.19 bits per heavy atom. The molecule has 2 aromatic rings. The van der Waals surface area contributed by atoms with Crippen LogP contribution in [0.5, 0.6) is 0 Å². The highest BCUT2D eigenvalue weighted by molar-refractivity contribution is 5.91. The molecular weight excluding hydrogens is 344 g/mol. The molecule has 140 valence electrons. The summed E-state index contributed by atoms with van der Waals surface area (Å²) in [7, 11) is 0. The zero-order valence-corrected chi connectivity index (χ0v) is 15.2. The van der Waals surface area contributed by atoms with Gasteiger partial charge in [-0.2, -0.15) is 5.26 Å². The molecule has 0 bridgehead atoms. The maximum absolute atomic E-state index is 12.4. The van der Waals surface area contributed by atoms with Crippen molar-refractivity contribution in [3.63, 3.8) is 0 Å². The third-order valence-corrected chi connectivity index (χ3v) is 4.60. The van der Waals surface area contributed by atoms with Crippen molar-refractivity contribution in [3.05, 3.63) is 53.5 Å². The lowest BCUT2D eigenvalue weighted by molar-refractivity contribution is -0.130. The lowest BCUT2D eigenvalue weighted by Crippen LogP contribution is -2.47. The van der Waals surface area contributed by atoms with E-state index >= 15 is 0 Å². The second-order valence-corrected chi connectivity index (χ2v) is 6.58. The maximum atomic E-state index is 12.4. The Kier molecular flexibility index (Phi) is 5.77. The number of hydrogen-bond donors (Lipinski definition) is 2. The number of likely N-dealkylation sites (tertiary alicyclic amines) is 1. The van der Waals surface area contributed by atoms with Crippen LogP contribution in [0.3, 0.4) is 0 Å². The number of amides is 2. The zero-order valence-electron chi connectivity index (χ0n) is 15.2. The van der Waals surface area contributed by atoms with Crippen LogP contribution in [0.4, 0.5) is 5.69 Å². The maximum Gasteiger partial charge on any atom is 0.287 e. The lowest BCUT2D eigenvalue weighted by atomic mass is 10.0. The van der Waals surface area contributed by atoms with Crippen molar-refractivity contribution in [2.45, 2.75) is 25.8 Å². The summed E-state index contributed by atoms with van der Waals surface area (Å²) in [5.41, 5.74) is 1.39. The molecule has 7 nitrogen and oxygen atoms in total. The van der Waals surface area contributed by atoms with E-state index in [0.29, 0.717) is 43.0 Å². The number of hydrogen-bond acceptors (Lipinski definition) is 5. The molecule has 7 heteroatoms. The summed E-state index contributed by atoms with van der Waals surface area (Å²) in [6, 6.07) is 12.5. The van der Waals surface area contributed by atoms with Crippen LogP contribution in [0.1, 0.15) is 34.7 Å². The SMILES string of the molecule is Cc1ccc(C(=O)NC2CCN(C(=O)CNc3ccc(C#N)cc3)CC2)o1. The second-order valence-electron chi connectivity index (χ2n) is 6.58. The van der Waals surface area contributed by atoms with Gasteiger partial charge in [0.25, 0.3) is 5.91 Å². The Hall–Kier alpha value is -3.27. The fraction of sp³-hybridized carbons (Fsp3) is 0.350. The Morgan fingerprint density at radius 2 is 1.89 bits per heavy atom. The van der Waals surface area contributed by atoms with Crippen LogP contribution >= 0.6 is 0 Å². The molecule has 0 atom stereocenters. The normalized spacial score (nSPS) is 14.4. The molecular formula is C20H22N4O3. The van der Waals surface area contributed by atoms with Gasteiger partial charge in [-0.05, 0) is 56.2 Å². The number of carbonyl (C=O) groups excluding carboxylic acids is 2. The van der Waals surface area contributed by atoms with Gasteiger partial charge in [-0.1, -0.05) is 0 Å². The van der Waals surface area contributed by atoms with Gasteiger partial charge in [-0.15, -0.1) is 0 Å². The summed E-state index contributed by atoms with van der Waals surface area (Å²) < 4.78 is 5.33. The minimum atomic E-state index is -0.213. The number of carbonyl (C=O) groups is 2. The van der Waals surface area contributed by atoms with Crippen molar-refractivity contribution in [2.24, 2.45) is 0 Å². The van der Waals surface area contributed by atoms with Gasteiger partial charge in [0.05, 0.1) is 18.2 Å². The summed E-state index contributed by atoms with van der Waals surface area (Å²) in [6.45, 7) is 3.22. The van der Waals surface area contributed by atoms with E-state index in [2.05, 4.69) is 16.7 Å². The molecule has 1 aliphatic heterocycles. The van der Waals surface area contributed by atoms with Crippen LogP contribution in [0.2, 0.25) is 0 Å². The topological polar surface area (TPSA) is 98.4 Å². The van der Waals surface area contributed by atoms with Gasteiger partial charge < -0.3 is 20.0 Å². The third-order valence-electron chi connectivity index (χ3n) is 4.60. The number of aryl methyl sites for hydroxylation is 1. The number of piperidine rings is 1. The molecule has 2 heterocycles. The molecule has 1 fully saturated rings. The summed E-state index contributed by atoms with van der Waals surface area (Å²) in [5.74, 6) is 0.828. The fourth-order valence-electron chi connectivity index (χ4n) is 3.04. The molecule has 0 spiro atoms. The van der Waals surface area contributed by atoms with E-state index in [-0.39, 0.29) is 24.4 Å². The molecule has 3 rings (SSSR count). The van der Waals surface area contributed by atoms with Crippen LogP contribution in [0.15, 0.2) is 40.8 Å². The average Bonchev–Trinajstić information content (AvgIpc) is 3.13. The largest absolute Gasteiger partial charge is 0.456 e. The van der Waals surface area contributed by atoms with Crippen molar-refractivity contribution < 1.29 is 14.0 Å². The second kappa shape index (κ2) is 8.41. The van der Waals surface area contributed by atoms with Crippen LogP contribution in [0.25, 0.3) is 0 Å². The molecule has 1 aromatic heterocycles.